The fourth-order valence-corrected chi connectivity index (χ4v) is 4.65. The van der Waals surface area contributed by atoms with E-state index in [2.05, 4.69) is 10.0 Å². The molecule has 2 aliphatic rings. The molecule has 2 fully saturated rings. The number of likely N-dealkylation sites (tertiary alicyclic amines) is 1. The Morgan fingerprint density at radius 1 is 1.15 bits per heavy atom. The average molecular weight is 406 g/mol. The topological polar surface area (TPSA) is 78.5 Å². The number of rotatable bonds is 5. The third kappa shape index (κ3) is 5.16. The summed E-state index contributed by atoms with van der Waals surface area (Å²) >= 11 is 0. The van der Waals surface area contributed by atoms with Gasteiger partial charge in [0.15, 0.2) is 0 Å². The molecule has 6 nitrogen and oxygen atoms in total. The first-order chi connectivity index (χ1) is 12.0. The number of hydrogen-bond acceptors (Lipinski definition) is 4. The van der Waals surface area contributed by atoms with Crippen LogP contribution in [0.25, 0.3) is 0 Å². The molecule has 2 aliphatic heterocycles. The number of sulfonamides is 1. The summed E-state index contributed by atoms with van der Waals surface area (Å²) in [6, 6.07) is 4.62. The van der Waals surface area contributed by atoms with Gasteiger partial charge < -0.3 is 10.2 Å². The van der Waals surface area contributed by atoms with Gasteiger partial charge in [-0.1, -0.05) is 0 Å². The highest BCUT2D eigenvalue weighted by Crippen LogP contribution is 2.27. The average Bonchev–Trinajstić information content (AvgIpc) is 2.93. The lowest BCUT2D eigenvalue weighted by Gasteiger charge is -2.21. The second-order valence-corrected chi connectivity index (χ2v) is 8.51. The summed E-state index contributed by atoms with van der Waals surface area (Å²) in [5.41, 5.74) is 0. The molecular weight excluding hydrogens is 381 g/mol. The lowest BCUT2D eigenvalue weighted by atomic mass is 9.92. The summed E-state index contributed by atoms with van der Waals surface area (Å²) in [5, 5.41) is 3.40. The van der Waals surface area contributed by atoms with Crippen LogP contribution in [0.5, 0.6) is 0 Å². The normalized spacial score (nSPS) is 23.0. The smallest absolute Gasteiger partial charge is 0.240 e. The standard InChI is InChI=1S/C17H24FN3O3S.ClH/c18-15-1-3-16(4-2-15)25(23,24)20-8-5-17(22)21-9-6-13-11-19-12-14(13)7-10-21;/h1-4,13-14,19-20H,5-12H2;1H/t13-,14+;. The number of carbonyl (C=O) groups is 1. The Bertz CT molecular complexity index is 700. The highest BCUT2D eigenvalue weighted by atomic mass is 35.5. The van der Waals surface area contributed by atoms with Crippen LogP contribution in [-0.2, 0) is 14.8 Å². The lowest BCUT2D eigenvalue weighted by Crippen LogP contribution is -2.35. The van der Waals surface area contributed by atoms with Crippen molar-refractivity contribution in [1.29, 1.82) is 0 Å². The Hall–Kier alpha value is -1.22. The van der Waals surface area contributed by atoms with E-state index in [0.29, 0.717) is 11.8 Å². The number of nitrogens with one attached hydrogen (secondary N) is 2. The molecule has 1 amide bonds. The van der Waals surface area contributed by atoms with Crippen molar-refractivity contribution in [3.63, 3.8) is 0 Å². The van der Waals surface area contributed by atoms with Crippen LogP contribution in [0.4, 0.5) is 4.39 Å². The van der Waals surface area contributed by atoms with Crippen molar-refractivity contribution in [2.45, 2.75) is 24.2 Å². The van der Waals surface area contributed by atoms with Gasteiger partial charge in [-0.15, -0.1) is 12.4 Å². The van der Waals surface area contributed by atoms with Crippen LogP contribution in [0.15, 0.2) is 29.2 Å². The van der Waals surface area contributed by atoms with Crippen LogP contribution in [0.1, 0.15) is 19.3 Å². The first kappa shape index (κ1) is 21.1. The van der Waals surface area contributed by atoms with Crippen LogP contribution in [0.3, 0.4) is 0 Å². The zero-order valence-electron chi connectivity index (χ0n) is 14.5. The summed E-state index contributed by atoms with van der Waals surface area (Å²) < 4.78 is 39.5. The van der Waals surface area contributed by atoms with E-state index in [9.17, 15) is 17.6 Å². The molecule has 0 bridgehead atoms. The minimum Gasteiger partial charge on any atom is -0.343 e. The second kappa shape index (κ2) is 9.12. The zero-order chi connectivity index (χ0) is 17.9. The van der Waals surface area contributed by atoms with Crippen molar-refractivity contribution in [2.75, 3.05) is 32.7 Å². The highest BCUT2D eigenvalue weighted by molar-refractivity contribution is 7.89. The molecule has 2 saturated heterocycles. The first-order valence-electron chi connectivity index (χ1n) is 8.69. The molecule has 2 heterocycles. The number of carbonyl (C=O) groups excluding carboxylic acids is 1. The van der Waals surface area contributed by atoms with Gasteiger partial charge in [-0.25, -0.2) is 17.5 Å². The van der Waals surface area contributed by atoms with Gasteiger partial charge >= 0.3 is 0 Å². The molecular formula is C17H25ClFN3O3S. The van der Waals surface area contributed by atoms with Gasteiger partial charge in [0.25, 0.3) is 0 Å². The molecule has 9 heteroatoms. The van der Waals surface area contributed by atoms with Crippen LogP contribution in [0, 0.1) is 17.7 Å². The van der Waals surface area contributed by atoms with Crippen molar-refractivity contribution in [3.05, 3.63) is 30.1 Å². The maximum atomic E-state index is 12.9. The highest BCUT2D eigenvalue weighted by Gasteiger charge is 2.31. The zero-order valence-corrected chi connectivity index (χ0v) is 16.1. The maximum Gasteiger partial charge on any atom is 0.240 e. The van der Waals surface area contributed by atoms with E-state index in [1.807, 2.05) is 4.90 Å². The molecule has 146 valence electrons. The molecule has 0 radical (unpaired) electrons. The number of benzene rings is 1. The summed E-state index contributed by atoms with van der Waals surface area (Å²) in [7, 11) is -3.72. The van der Waals surface area contributed by atoms with E-state index in [-0.39, 0.29) is 36.2 Å². The number of halogens is 2. The van der Waals surface area contributed by atoms with E-state index in [0.717, 1.165) is 51.2 Å². The summed E-state index contributed by atoms with van der Waals surface area (Å²) in [6.07, 6.45) is 2.14. The summed E-state index contributed by atoms with van der Waals surface area (Å²) in [5.74, 6) is 0.787. The van der Waals surface area contributed by atoms with E-state index >= 15 is 0 Å². The van der Waals surface area contributed by atoms with Crippen LogP contribution in [-0.4, -0.2) is 51.9 Å². The largest absolute Gasteiger partial charge is 0.343 e. The maximum absolute atomic E-state index is 12.9. The Labute approximate surface area is 160 Å². The fraction of sp³-hybridized carbons (Fsp3) is 0.588. The predicted octanol–water partition coefficient (Wildman–Crippen LogP) is 1.37. The minimum absolute atomic E-state index is 0. The summed E-state index contributed by atoms with van der Waals surface area (Å²) in [6.45, 7) is 3.59. The van der Waals surface area contributed by atoms with Gasteiger partial charge in [-0.05, 0) is 62.0 Å². The van der Waals surface area contributed by atoms with E-state index in [4.69, 9.17) is 0 Å². The quantitative estimate of drug-likeness (QED) is 0.775. The first-order valence-corrected chi connectivity index (χ1v) is 10.2. The van der Waals surface area contributed by atoms with Crippen molar-refractivity contribution >= 4 is 28.3 Å². The molecule has 0 spiro atoms. The van der Waals surface area contributed by atoms with E-state index in [1.165, 1.54) is 12.1 Å². The molecule has 3 rings (SSSR count). The molecule has 2 N–H and O–H groups in total. The number of hydrogen-bond donors (Lipinski definition) is 2. The molecule has 0 aliphatic carbocycles. The molecule has 0 saturated carbocycles. The molecule has 1 aromatic carbocycles. The molecule has 2 atom stereocenters. The fourth-order valence-electron chi connectivity index (χ4n) is 3.62. The van der Waals surface area contributed by atoms with Crippen molar-refractivity contribution in [3.8, 4) is 0 Å². The van der Waals surface area contributed by atoms with Crippen LogP contribution < -0.4 is 10.0 Å². The van der Waals surface area contributed by atoms with E-state index in [1.54, 1.807) is 0 Å². The van der Waals surface area contributed by atoms with Crippen molar-refractivity contribution in [1.82, 2.24) is 14.9 Å². The molecule has 0 unspecified atom stereocenters. The Balaban J connectivity index is 0.00000243. The number of amides is 1. The van der Waals surface area contributed by atoms with Gasteiger partial charge in [-0.3, -0.25) is 4.79 Å². The number of nitrogens with zero attached hydrogens (tertiary/aromatic N) is 1. The van der Waals surface area contributed by atoms with Crippen molar-refractivity contribution < 1.29 is 17.6 Å². The van der Waals surface area contributed by atoms with Gasteiger partial charge in [0.05, 0.1) is 4.90 Å². The minimum atomic E-state index is -3.72. The van der Waals surface area contributed by atoms with Gasteiger partial charge in [0, 0.05) is 26.1 Å². The lowest BCUT2D eigenvalue weighted by molar-refractivity contribution is -0.131. The Kier molecular flexibility index (Phi) is 7.40. The summed E-state index contributed by atoms with van der Waals surface area (Å²) in [4.78, 5) is 14.2. The second-order valence-electron chi connectivity index (χ2n) is 6.74. The van der Waals surface area contributed by atoms with E-state index < -0.39 is 15.8 Å². The van der Waals surface area contributed by atoms with Crippen LogP contribution >= 0.6 is 12.4 Å². The van der Waals surface area contributed by atoms with Crippen molar-refractivity contribution in [2.24, 2.45) is 11.8 Å². The number of fused-ring (bicyclic) bond motifs is 1. The SMILES string of the molecule is Cl.O=C(CCNS(=O)(=O)c1ccc(F)cc1)N1CC[C@@H]2CNC[C@@H]2CC1. The molecule has 26 heavy (non-hydrogen) atoms. The Morgan fingerprint density at radius 2 is 1.73 bits per heavy atom. The van der Waals surface area contributed by atoms with Crippen LogP contribution in [0.2, 0.25) is 0 Å². The van der Waals surface area contributed by atoms with Gasteiger partial charge in [0.2, 0.25) is 15.9 Å². The van der Waals surface area contributed by atoms with Gasteiger partial charge in [-0.2, -0.15) is 0 Å². The monoisotopic (exact) mass is 405 g/mol. The third-order valence-electron chi connectivity index (χ3n) is 5.13. The van der Waals surface area contributed by atoms with Gasteiger partial charge in [0.1, 0.15) is 5.82 Å². The molecule has 1 aromatic rings. The predicted molar refractivity (Wildman–Crippen MR) is 99.1 cm³/mol. The Morgan fingerprint density at radius 3 is 2.31 bits per heavy atom. The third-order valence-corrected chi connectivity index (χ3v) is 6.60. The molecule has 0 aromatic heterocycles.